The van der Waals surface area contributed by atoms with Crippen molar-refractivity contribution in [1.29, 1.82) is 0 Å². The quantitative estimate of drug-likeness (QED) is 0.887. The SMILES string of the molecule is CC(C)CNCc1ncoc1-c1ccc(S(C)(=O)=O)cc1. The molecule has 0 fully saturated rings. The molecule has 5 nitrogen and oxygen atoms in total. The number of oxazole rings is 1. The molecular formula is C15H20N2O3S. The summed E-state index contributed by atoms with van der Waals surface area (Å²) in [5.41, 5.74) is 1.64. The molecule has 114 valence electrons. The number of benzene rings is 1. The van der Waals surface area contributed by atoms with E-state index in [0.717, 1.165) is 17.8 Å². The van der Waals surface area contributed by atoms with Crippen LogP contribution in [0.4, 0.5) is 0 Å². The molecule has 0 unspecified atom stereocenters. The van der Waals surface area contributed by atoms with Gasteiger partial charge in [-0.25, -0.2) is 13.4 Å². The first-order valence-corrected chi connectivity index (χ1v) is 8.70. The highest BCUT2D eigenvalue weighted by Gasteiger charge is 2.12. The zero-order valence-corrected chi connectivity index (χ0v) is 13.3. The number of hydrogen-bond acceptors (Lipinski definition) is 5. The van der Waals surface area contributed by atoms with E-state index in [9.17, 15) is 8.42 Å². The summed E-state index contributed by atoms with van der Waals surface area (Å²) in [5.74, 6) is 1.24. The van der Waals surface area contributed by atoms with Crippen molar-refractivity contribution in [2.24, 2.45) is 5.92 Å². The Labute approximate surface area is 125 Å². The first-order valence-electron chi connectivity index (χ1n) is 6.81. The first kappa shape index (κ1) is 15.7. The Morgan fingerprint density at radius 3 is 2.48 bits per heavy atom. The van der Waals surface area contributed by atoms with Crippen LogP contribution in [0.1, 0.15) is 19.5 Å². The molecule has 0 aliphatic heterocycles. The van der Waals surface area contributed by atoms with Crippen molar-refractivity contribution in [1.82, 2.24) is 10.3 Å². The van der Waals surface area contributed by atoms with E-state index in [1.54, 1.807) is 24.3 Å². The molecule has 0 aliphatic rings. The van der Waals surface area contributed by atoms with Gasteiger partial charge in [-0.1, -0.05) is 13.8 Å². The van der Waals surface area contributed by atoms with Crippen LogP contribution in [-0.4, -0.2) is 26.2 Å². The van der Waals surface area contributed by atoms with Crippen LogP contribution >= 0.6 is 0 Å². The van der Waals surface area contributed by atoms with Gasteiger partial charge in [-0.2, -0.15) is 0 Å². The zero-order chi connectivity index (χ0) is 15.5. The van der Waals surface area contributed by atoms with Gasteiger partial charge in [-0.3, -0.25) is 0 Å². The minimum Gasteiger partial charge on any atom is -0.443 e. The van der Waals surface area contributed by atoms with Gasteiger partial charge in [0.2, 0.25) is 0 Å². The molecule has 0 amide bonds. The number of nitrogens with zero attached hydrogens (tertiary/aromatic N) is 1. The number of hydrogen-bond donors (Lipinski definition) is 1. The van der Waals surface area contributed by atoms with E-state index < -0.39 is 9.84 Å². The zero-order valence-electron chi connectivity index (χ0n) is 12.5. The fraction of sp³-hybridized carbons (Fsp3) is 0.400. The third kappa shape index (κ3) is 4.15. The summed E-state index contributed by atoms with van der Waals surface area (Å²) in [5, 5.41) is 3.31. The normalized spacial score (nSPS) is 12.0. The average Bonchev–Trinajstić information content (AvgIpc) is 2.86. The predicted molar refractivity (Wildman–Crippen MR) is 81.6 cm³/mol. The molecule has 2 rings (SSSR count). The van der Waals surface area contributed by atoms with Gasteiger partial charge in [-0.05, 0) is 36.7 Å². The fourth-order valence-corrected chi connectivity index (χ4v) is 2.59. The van der Waals surface area contributed by atoms with E-state index in [1.807, 2.05) is 0 Å². The molecule has 0 saturated heterocycles. The van der Waals surface area contributed by atoms with Gasteiger partial charge in [0, 0.05) is 18.4 Å². The Bertz CT molecular complexity index is 688. The van der Waals surface area contributed by atoms with E-state index in [1.165, 1.54) is 12.6 Å². The van der Waals surface area contributed by atoms with Crippen LogP contribution < -0.4 is 5.32 Å². The molecule has 1 N–H and O–H groups in total. The van der Waals surface area contributed by atoms with E-state index >= 15 is 0 Å². The van der Waals surface area contributed by atoms with Crippen LogP contribution in [0.15, 0.2) is 40.0 Å². The van der Waals surface area contributed by atoms with Gasteiger partial charge in [0.15, 0.2) is 22.0 Å². The van der Waals surface area contributed by atoms with Gasteiger partial charge < -0.3 is 9.73 Å². The number of nitrogens with one attached hydrogen (secondary N) is 1. The highest BCUT2D eigenvalue weighted by atomic mass is 32.2. The lowest BCUT2D eigenvalue weighted by atomic mass is 10.1. The molecule has 0 saturated carbocycles. The van der Waals surface area contributed by atoms with Crippen molar-refractivity contribution < 1.29 is 12.8 Å². The number of sulfone groups is 1. The third-order valence-electron chi connectivity index (χ3n) is 3.03. The van der Waals surface area contributed by atoms with Gasteiger partial charge in [-0.15, -0.1) is 0 Å². The molecular weight excluding hydrogens is 288 g/mol. The Kier molecular flexibility index (Phi) is 4.80. The smallest absolute Gasteiger partial charge is 0.181 e. The predicted octanol–water partition coefficient (Wildman–Crippen LogP) is 2.49. The lowest BCUT2D eigenvalue weighted by Crippen LogP contribution is -2.19. The lowest BCUT2D eigenvalue weighted by molar-refractivity contribution is 0.545. The van der Waals surface area contributed by atoms with Gasteiger partial charge in [0.1, 0.15) is 5.69 Å². The Hall–Kier alpha value is -1.66. The number of rotatable bonds is 6. The van der Waals surface area contributed by atoms with E-state index in [0.29, 0.717) is 23.1 Å². The summed E-state index contributed by atoms with van der Waals surface area (Å²) in [6, 6.07) is 6.64. The highest BCUT2D eigenvalue weighted by Crippen LogP contribution is 2.24. The second-order valence-electron chi connectivity index (χ2n) is 5.45. The summed E-state index contributed by atoms with van der Waals surface area (Å²) in [4.78, 5) is 4.51. The summed E-state index contributed by atoms with van der Waals surface area (Å²) >= 11 is 0. The molecule has 6 heteroatoms. The monoisotopic (exact) mass is 308 g/mol. The van der Waals surface area contributed by atoms with E-state index in [2.05, 4.69) is 24.1 Å². The standard InChI is InChI=1S/C15H20N2O3S/c1-11(2)8-16-9-14-15(20-10-17-14)12-4-6-13(7-5-12)21(3,18)19/h4-7,10-11,16H,8-9H2,1-3H3. The van der Waals surface area contributed by atoms with Crippen LogP contribution in [-0.2, 0) is 16.4 Å². The van der Waals surface area contributed by atoms with Crippen LogP contribution in [0.25, 0.3) is 11.3 Å². The summed E-state index contributed by atoms with van der Waals surface area (Å²) in [7, 11) is -3.18. The summed E-state index contributed by atoms with van der Waals surface area (Å²) in [6.45, 7) is 5.80. The molecule has 0 aliphatic carbocycles. The van der Waals surface area contributed by atoms with Crippen molar-refractivity contribution in [2.75, 3.05) is 12.8 Å². The third-order valence-corrected chi connectivity index (χ3v) is 4.16. The van der Waals surface area contributed by atoms with Crippen molar-refractivity contribution >= 4 is 9.84 Å². The summed E-state index contributed by atoms with van der Waals surface area (Å²) in [6.07, 6.45) is 2.60. The Morgan fingerprint density at radius 2 is 1.90 bits per heavy atom. The van der Waals surface area contributed by atoms with Crippen LogP contribution in [0, 0.1) is 5.92 Å². The minimum absolute atomic E-state index is 0.297. The van der Waals surface area contributed by atoms with Crippen molar-refractivity contribution in [3.63, 3.8) is 0 Å². The topological polar surface area (TPSA) is 72.2 Å². The Morgan fingerprint density at radius 1 is 1.24 bits per heavy atom. The molecule has 0 spiro atoms. The number of aromatic nitrogens is 1. The maximum atomic E-state index is 11.5. The minimum atomic E-state index is -3.18. The Balaban J connectivity index is 2.17. The molecule has 1 aromatic carbocycles. The molecule has 21 heavy (non-hydrogen) atoms. The maximum Gasteiger partial charge on any atom is 0.181 e. The van der Waals surface area contributed by atoms with Gasteiger partial charge in [0.05, 0.1) is 4.90 Å². The molecule has 0 radical (unpaired) electrons. The highest BCUT2D eigenvalue weighted by molar-refractivity contribution is 7.90. The van der Waals surface area contributed by atoms with E-state index in [-0.39, 0.29) is 0 Å². The second-order valence-corrected chi connectivity index (χ2v) is 7.47. The first-order chi connectivity index (χ1) is 9.88. The summed E-state index contributed by atoms with van der Waals surface area (Å²) < 4.78 is 28.3. The van der Waals surface area contributed by atoms with Crippen LogP contribution in [0.2, 0.25) is 0 Å². The van der Waals surface area contributed by atoms with Crippen molar-refractivity contribution in [3.05, 3.63) is 36.4 Å². The van der Waals surface area contributed by atoms with Crippen LogP contribution in [0.5, 0.6) is 0 Å². The second kappa shape index (κ2) is 6.41. The van der Waals surface area contributed by atoms with E-state index in [4.69, 9.17) is 4.42 Å². The van der Waals surface area contributed by atoms with Gasteiger partial charge >= 0.3 is 0 Å². The average molecular weight is 308 g/mol. The molecule has 1 heterocycles. The van der Waals surface area contributed by atoms with Crippen LogP contribution in [0.3, 0.4) is 0 Å². The largest absolute Gasteiger partial charge is 0.443 e. The van der Waals surface area contributed by atoms with Crippen molar-refractivity contribution in [3.8, 4) is 11.3 Å². The van der Waals surface area contributed by atoms with Gasteiger partial charge in [0.25, 0.3) is 0 Å². The van der Waals surface area contributed by atoms with Crippen molar-refractivity contribution in [2.45, 2.75) is 25.3 Å². The lowest BCUT2D eigenvalue weighted by Gasteiger charge is -2.07. The maximum absolute atomic E-state index is 11.5. The molecule has 2 aromatic rings. The molecule has 0 bridgehead atoms. The fourth-order valence-electron chi connectivity index (χ4n) is 1.96. The molecule has 0 atom stereocenters. The molecule has 1 aromatic heterocycles.